The van der Waals surface area contributed by atoms with Crippen LogP contribution in [0.2, 0.25) is 58.9 Å². The van der Waals surface area contributed by atoms with Crippen LogP contribution < -0.4 is 0 Å². The Kier molecular flexibility index (Phi) is 6.77. The van der Waals surface area contributed by atoms with E-state index in [-0.39, 0.29) is 0 Å². The third-order valence-electron chi connectivity index (χ3n) is 2.86. The summed E-state index contributed by atoms with van der Waals surface area (Å²) < 4.78 is 8.77. The maximum absolute atomic E-state index is 5.99. The molecule has 0 heterocycles. The molecule has 0 aliphatic carbocycles. The molecule has 0 aliphatic rings. The van der Waals surface area contributed by atoms with Crippen LogP contribution in [-0.2, 0) is 4.43 Å². The minimum absolute atomic E-state index is 0.952. The molecule has 0 unspecified atom stereocenters. The van der Waals surface area contributed by atoms with E-state index in [9.17, 15) is 0 Å². The first-order chi connectivity index (χ1) is 8.63. The second kappa shape index (κ2) is 6.79. The van der Waals surface area contributed by atoms with Crippen LogP contribution in [0.1, 0.15) is 13.8 Å². The van der Waals surface area contributed by atoms with Crippen molar-refractivity contribution in [1.29, 1.82) is 0 Å². The monoisotopic (exact) mass is 329 g/mol. The molecule has 0 atom stereocenters. The minimum Gasteiger partial charge on any atom is -0.542 e. The normalized spacial score (nSPS) is 13.2. The lowest BCUT2D eigenvalue weighted by Gasteiger charge is -2.43. The summed E-state index contributed by atoms with van der Waals surface area (Å²) in [5.41, 5.74) is 4.76. The summed E-state index contributed by atoms with van der Waals surface area (Å²) in [6, 6.07) is 0. The smallest absolute Gasteiger partial charge is 0.242 e. The van der Waals surface area contributed by atoms with Crippen molar-refractivity contribution in [2.24, 2.45) is 0 Å². The Hall–Kier alpha value is -0.0694. The predicted molar refractivity (Wildman–Crippen MR) is 99.7 cm³/mol. The molecule has 0 aromatic carbocycles. The quantitative estimate of drug-likeness (QED) is 0.374. The van der Waals surface area contributed by atoms with E-state index in [0.29, 0.717) is 0 Å². The fraction of sp³-hybridized carbons (Fsp3) is 0.800. The van der Waals surface area contributed by atoms with Crippen molar-refractivity contribution in [3.05, 3.63) is 17.1 Å². The number of nitrogens with zero attached hydrogens (tertiary/aromatic N) is 1. The van der Waals surface area contributed by atoms with Gasteiger partial charge in [-0.1, -0.05) is 45.0 Å². The summed E-state index contributed by atoms with van der Waals surface area (Å²) in [5, 5.41) is 0. The lowest BCUT2D eigenvalue weighted by atomic mass is 10.3. The summed E-state index contributed by atoms with van der Waals surface area (Å²) in [6.07, 6.45) is 0. The SMILES string of the molecule is CC(=C=C(C)O[Si](C)(C)C)CN([Si](C)(C)C)[Si](C)(C)C. The van der Waals surface area contributed by atoms with E-state index in [1.165, 1.54) is 5.57 Å². The standard InChI is InChI=1S/C15H35NOSi3/c1-14(12-15(2)17-20(9,10)11)13-16(18(3,4)5)19(6,7)8/h13H2,1-11H3. The second-order valence-corrected chi connectivity index (χ2v) is 23.2. The first-order valence-corrected chi connectivity index (χ1v) is 17.8. The number of rotatable bonds is 6. The lowest BCUT2D eigenvalue weighted by Crippen LogP contribution is -2.59. The van der Waals surface area contributed by atoms with Crippen molar-refractivity contribution in [1.82, 2.24) is 4.23 Å². The molecule has 118 valence electrons. The Morgan fingerprint density at radius 2 is 1.25 bits per heavy atom. The number of hydrogen-bond acceptors (Lipinski definition) is 2. The van der Waals surface area contributed by atoms with Crippen LogP contribution >= 0.6 is 0 Å². The molecule has 5 heteroatoms. The van der Waals surface area contributed by atoms with Crippen molar-refractivity contribution in [2.45, 2.75) is 72.8 Å². The molecule has 20 heavy (non-hydrogen) atoms. The second-order valence-electron chi connectivity index (χ2n) is 8.60. The molecule has 0 rings (SSSR count). The van der Waals surface area contributed by atoms with Gasteiger partial charge in [0.05, 0.1) is 0 Å². The zero-order chi connectivity index (χ0) is 16.4. The van der Waals surface area contributed by atoms with Gasteiger partial charge >= 0.3 is 0 Å². The summed E-state index contributed by atoms with van der Waals surface area (Å²) in [7, 11) is -4.09. The van der Waals surface area contributed by atoms with Gasteiger partial charge in [0.2, 0.25) is 8.32 Å². The molecule has 0 aliphatic heterocycles. The van der Waals surface area contributed by atoms with Crippen molar-refractivity contribution in [2.75, 3.05) is 6.54 Å². The zero-order valence-corrected chi connectivity index (χ0v) is 18.6. The van der Waals surface area contributed by atoms with E-state index in [0.717, 1.165) is 12.3 Å². The largest absolute Gasteiger partial charge is 0.542 e. The fourth-order valence-corrected chi connectivity index (χ4v) is 13.0. The van der Waals surface area contributed by atoms with Gasteiger partial charge < -0.3 is 8.66 Å². The average Bonchev–Trinajstić information content (AvgIpc) is 2.06. The maximum atomic E-state index is 5.99. The van der Waals surface area contributed by atoms with Crippen molar-refractivity contribution in [3.63, 3.8) is 0 Å². The molecule has 0 saturated carbocycles. The third kappa shape index (κ3) is 8.27. The first-order valence-electron chi connectivity index (χ1n) is 7.53. The molecular formula is C15H35NOSi3. The highest BCUT2D eigenvalue weighted by molar-refractivity contribution is 6.89. The van der Waals surface area contributed by atoms with E-state index in [1.54, 1.807) is 0 Å². The Labute approximate surface area is 130 Å². The maximum Gasteiger partial charge on any atom is 0.242 e. The molecule has 0 amide bonds. The van der Waals surface area contributed by atoms with Crippen LogP contribution in [-0.4, -0.2) is 35.6 Å². The highest BCUT2D eigenvalue weighted by atomic mass is 28.4. The lowest BCUT2D eigenvalue weighted by molar-refractivity contribution is 0.425. The molecule has 0 fully saturated rings. The van der Waals surface area contributed by atoms with Gasteiger partial charge in [-0.3, -0.25) is 0 Å². The van der Waals surface area contributed by atoms with Crippen molar-refractivity contribution in [3.8, 4) is 0 Å². The molecule has 2 nitrogen and oxygen atoms in total. The first kappa shape index (κ1) is 19.9. The minimum atomic E-state index is -1.51. The molecule has 0 N–H and O–H groups in total. The topological polar surface area (TPSA) is 12.5 Å². The summed E-state index contributed by atoms with van der Waals surface area (Å²) in [5.74, 6) is 0.952. The van der Waals surface area contributed by atoms with Gasteiger partial charge in [0.1, 0.15) is 22.2 Å². The van der Waals surface area contributed by atoms with Crippen LogP contribution in [0.3, 0.4) is 0 Å². The Bertz CT molecular complexity index is 377. The highest BCUT2D eigenvalue weighted by Gasteiger charge is 2.34. The third-order valence-corrected chi connectivity index (χ3v) is 11.4. The van der Waals surface area contributed by atoms with Gasteiger partial charge in [-0.15, -0.1) is 0 Å². The Balaban J connectivity index is 5.22. The molecule has 0 bridgehead atoms. The van der Waals surface area contributed by atoms with E-state index >= 15 is 0 Å². The van der Waals surface area contributed by atoms with Gasteiger partial charge in [0, 0.05) is 6.54 Å². The fourth-order valence-electron chi connectivity index (χ4n) is 2.54. The van der Waals surface area contributed by atoms with Crippen LogP contribution in [0, 0.1) is 0 Å². The zero-order valence-electron chi connectivity index (χ0n) is 15.6. The van der Waals surface area contributed by atoms with Crippen LogP contribution in [0.5, 0.6) is 0 Å². The number of hydrogen-bond donors (Lipinski definition) is 0. The summed E-state index contributed by atoms with van der Waals surface area (Å²) in [4.78, 5) is 0. The van der Waals surface area contributed by atoms with E-state index in [4.69, 9.17) is 4.43 Å². The van der Waals surface area contributed by atoms with Gasteiger partial charge in [0.25, 0.3) is 0 Å². The Morgan fingerprint density at radius 1 is 0.850 bits per heavy atom. The summed E-state index contributed by atoms with van der Waals surface area (Å²) >= 11 is 0. The van der Waals surface area contributed by atoms with Crippen molar-refractivity contribution < 1.29 is 4.43 Å². The molecule has 0 aromatic heterocycles. The van der Waals surface area contributed by atoms with E-state index in [2.05, 4.69) is 75.8 Å². The summed E-state index contributed by atoms with van der Waals surface area (Å²) in [6.45, 7) is 26.5. The Morgan fingerprint density at radius 3 is 1.55 bits per heavy atom. The van der Waals surface area contributed by atoms with Gasteiger partial charge in [-0.25, -0.2) is 0 Å². The van der Waals surface area contributed by atoms with Crippen LogP contribution in [0.25, 0.3) is 0 Å². The molecule has 0 aromatic rings. The van der Waals surface area contributed by atoms with Crippen LogP contribution in [0.4, 0.5) is 0 Å². The molecule has 0 saturated heterocycles. The molecule has 0 spiro atoms. The van der Waals surface area contributed by atoms with Crippen molar-refractivity contribution >= 4 is 24.8 Å². The molecule has 0 radical (unpaired) electrons. The highest BCUT2D eigenvalue weighted by Crippen LogP contribution is 2.21. The van der Waals surface area contributed by atoms with Gasteiger partial charge in [0.15, 0.2) is 0 Å². The van der Waals surface area contributed by atoms with Gasteiger partial charge in [-0.2, -0.15) is 0 Å². The van der Waals surface area contributed by atoms with E-state index in [1.807, 2.05) is 6.92 Å². The van der Waals surface area contributed by atoms with E-state index < -0.39 is 24.8 Å². The molecular weight excluding hydrogens is 294 g/mol. The predicted octanol–water partition coefficient (Wildman–Crippen LogP) is 5.26. The van der Waals surface area contributed by atoms with Gasteiger partial charge in [-0.05, 0) is 39.1 Å². The van der Waals surface area contributed by atoms with Crippen LogP contribution in [0.15, 0.2) is 17.1 Å². The average molecular weight is 330 g/mol.